The Morgan fingerprint density at radius 2 is 1.25 bits per heavy atom. The first-order valence-corrected chi connectivity index (χ1v) is 14.1. The van der Waals surface area contributed by atoms with Crippen LogP contribution >= 0.6 is 0 Å². The molecule has 1 heterocycles. The molecule has 0 N–H and O–H groups in total. The number of hydrogen-bond acceptors (Lipinski definition) is 1. The first-order chi connectivity index (χ1) is 19.7. The molecule has 0 saturated carbocycles. The van der Waals surface area contributed by atoms with Crippen LogP contribution in [0.5, 0.6) is 0 Å². The lowest BCUT2D eigenvalue weighted by Crippen LogP contribution is -2.31. The molecule has 1 nitrogen and oxygen atoms in total. The second-order valence-corrected chi connectivity index (χ2v) is 11.0. The van der Waals surface area contributed by atoms with Crippen LogP contribution in [0, 0.1) is 6.92 Å². The molecule has 0 amide bonds. The lowest BCUT2D eigenvalue weighted by Gasteiger charge is -2.34. The van der Waals surface area contributed by atoms with Crippen LogP contribution in [0.4, 0.5) is 11.4 Å². The van der Waals surface area contributed by atoms with Crippen molar-refractivity contribution in [3.05, 3.63) is 173 Å². The number of rotatable bonds is 3. The predicted octanol–water partition coefficient (Wildman–Crippen LogP) is 9.91. The van der Waals surface area contributed by atoms with E-state index in [-0.39, 0.29) is 12.0 Å². The summed E-state index contributed by atoms with van der Waals surface area (Å²) in [5, 5.41) is 2.56. The summed E-state index contributed by atoms with van der Waals surface area (Å²) in [6.45, 7) is 2.17. The summed E-state index contributed by atoms with van der Waals surface area (Å²) in [4.78, 5) is 2.59. The zero-order valence-corrected chi connectivity index (χ0v) is 22.5. The first kappa shape index (κ1) is 23.0. The standard InChI is InChI=1S/C39H29N/c1-26-16-17-28-18-20-32(23-31(28)22-26)40-37-24-30(27-10-4-2-5-11-27)19-21-35(37)39-34-15-9-8-14-33(34)36(25-38(39)40)29-12-6-3-7-13-29/h2-25,38-39H,1H3. The fourth-order valence-corrected chi connectivity index (χ4v) is 6.80. The number of nitrogens with zero attached hydrogens (tertiary/aromatic N) is 1. The van der Waals surface area contributed by atoms with E-state index < -0.39 is 0 Å². The molecule has 1 aliphatic heterocycles. The second-order valence-electron chi connectivity index (χ2n) is 11.0. The fraction of sp³-hybridized carbons (Fsp3) is 0.0769. The van der Waals surface area contributed by atoms with Crippen molar-refractivity contribution in [2.75, 3.05) is 4.90 Å². The average Bonchev–Trinajstić information content (AvgIpc) is 3.35. The van der Waals surface area contributed by atoms with Gasteiger partial charge in [0.2, 0.25) is 0 Å². The van der Waals surface area contributed by atoms with Crippen molar-refractivity contribution in [2.24, 2.45) is 0 Å². The van der Waals surface area contributed by atoms with Crippen LogP contribution in [0.2, 0.25) is 0 Å². The summed E-state index contributed by atoms with van der Waals surface area (Å²) < 4.78 is 0. The molecule has 0 bridgehead atoms. The van der Waals surface area contributed by atoms with Gasteiger partial charge in [-0.1, -0.05) is 133 Å². The van der Waals surface area contributed by atoms with Gasteiger partial charge in [0.1, 0.15) is 0 Å². The van der Waals surface area contributed by atoms with Gasteiger partial charge in [-0.3, -0.25) is 0 Å². The van der Waals surface area contributed by atoms with Gasteiger partial charge in [-0.25, -0.2) is 0 Å². The number of fused-ring (bicyclic) bond motifs is 6. The number of benzene rings is 6. The topological polar surface area (TPSA) is 3.24 Å². The molecule has 0 spiro atoms. The van der Waals surface area contributed by atoms with E-state index in [4.69, 9.17) is 0 Å². The van der Waals surface area contributed by atoms with E-state index in [1.165, 1.54) is 66.7 Å². The molecule has 8 rings (SSSR count). The molecule has 40 heavy (non-hydrogen) atoms. The van der Waals surface area contributed by atoms with E-state index in [2.05, 4.69) is 157 Å². The third-order valence-corrected chi connectivity index (χ3v) is 8.64. The van der Waals surface area contributed by atoms with Crippen LogP contribution in [0.25, 0.3) is 27.5 Å². The minimum atomic E-state index is 0.174. The lowest BCUT2D eigenvalue weighted by atomic mass is 9.76. The predicted molar refractivity (Wildman–Crippen MR) is 168 cm³/mol. The van der Waals surface area contributed by atoms with Gasteiger partial charge in [0, 0.05) is 17.3 Å². The minimum absolute atomic E-state index is 0.174. The third-order valence-electron chi connectivity index (χ3n) is 8.64. The summed E-state index contributed by atoms with van der Waals surface area (Å²) in [5.41, 5.74) is 13.0. The molecule has 190 valence electrons. The smallest absolute Gasteiger partial charge is 0.0641 e. The van der Waals surface area contributed by atoms with Crippen molar-refractivity contribution < 1.29 is 0 Å². The average molecular weight is 512 g/mol. The van der Waals surface area contributed by atoms with Gasteiger partial charge in [0.05, 0.1) is 6.04 Å². The van der Waals surface area contributed by atoms with Crippen LogP contribution in [-0.4, -0.2) is 6.04 Å². The monoisotopic (exact) mass is 511 g/mol. The zero-order valence-electron chi connectivity index (χ0n) is 22.5. The van der Waals surface area contributed by atoms with E-state index in [9.17, 15) is 0 Å². The van der Waals surface area contributed by atoms with Crippen molar-refractivity contribution >= 4 is 27.7 Å². The quantitative estimate of drug-likeness (QED) is 0.228. The van der Waals surface area contributed by atoms with Gasteiger partial charge in [-0.05, 0) is 74.8 Å². The van der Waals surface area contributed by atoms with Crippen LogP contribution in [-0.2, 0) is 0 Å². The molecule has 6 aromatic carbocycles. The van der Waals surface area contributed by atoms with Gasteiger partial charge in [-0.2, -0.15) is 0 Å². The Balaban J connectivity index is 1.39. The summed E-state index contributed by atoms with van der Waals surface area (Å²) >= 11 is 0. The highest BCUT2D eigenvalue weighted by Gasteiger charge is 2.43. The fourth-order valence-electron chi connectivity index (χ4n) is 6.80. The highest BCUT2D eigenvalue weighted by molar-refractivity contribution is 5.92. The summed E-state index contributed by atoms with van der Waals surface area (Å²) in [7, 11) is 0. The zero-order chi connectivity index (χ0) is 26.6. The first-order valence-electron chi connectivity index (χ1n) is 14.1. The molecule has 6 aromatic rings. The van der Waals surface area contributed by atoms with Gasteiger partial charge < -0.3 is 4.90 Å². The van der Waals surface area contributed by atoms with Crippen LogP contribution in [0.3, 0.4) is 0 Å². The third kappa shape index (κ3) is 3.62. The molecule has 0 saturated heterocycles. The molecular weight excluding hydrogens is 482 g/mol. The molecule has 2 aliphatic rings. The molecule has 2 atom stereocenters. The summed E-state index contributed by atoms with van der Waals surface area (Å²) in [6.07, 6.45) is 2.52. The highest BCUT2D eigenvalue weighted by atomic mass is 15.2. The number of aryl methyl sites for hydroxylation is 1. The van der Waals surface area contributed by atoms with Crippen molar-refractivity contribution in [1.82, 2.24) is 0 Å². The number of hydrogen-bond donors (Lipinski definition) is 0. The molecule has 0 radical (unpaired) electrons. The molecule has 0 aromatic heterocycles. The maximum atomic E-state index is 2.59. The Morgan fingerprint density at radius 3 is 2.08 bits per heavy atom. The van der Waals surface area contributed by atoms with E-state index in [0.717, 1.165) is 0 Å². The Hall–Kier alpha value is -4.88. The Kier molecular flexibility index (Phi) is 5.24. The molecule has 0 fully saturated rings. The van der Waals surface area contributed by atoms with Gasteiger partial charge in [0.25, 0.3) is 0 Å². The van der Waals surface area contributed by atoms with Crippen molar-refractivity contribution in [2.45, 2.75) is 18.9 Å². The molecular formula is C39H29N. The largest absolute Gasteiger partial charge is 0.333 e. The van der Waals surface area contributed by atoms with E-state index in [0.29, 0.717) is 0 Å². The Labute approximate surface area is 235 Å². The Bertz CT molecular complexity index is 1920. The van der Waals surface area contributed by atoms with Crippen LogP contribution < -0.4 is 4.90 Å². The van der Waals surface area contributed by atoms with E-state index >= 15 is 0 Å². The second kappa shape index (κ2) is 9.10. The van der Waals surface area contributed by atoms with Gasteiger partial charge in [-0.15, -0.1) is 0 Å². The highest BCUT2D eigenvalue weighted by Crippen LogP contribution is 2.54. The summed E-state index contributed by atoms with van der Waals surface area (Å²) in [5.74, 6) is 0.261. The van der Waals surface area contributed by atoms with Crippen LogP contribution in [0.1, 0.15) is 33.7 Å². The maximum Gasteiger partial charge on any atom is 0.0641 e. The van der Waals surface area contributed by atoms with Crippen molar-refractivity contribution in [1.29, 1.82) is 0 Å². The van der Waals surface area contributed by atoms with Crippen molar-refractivity contribution in [3.8, 4) is 11.1 Å². The maximum absolute atomic E-state index is 2.59. The molecule has 1 aliphatic carbocycles. The summed E-state index contributed by atoms with van der Waals surface area (Å²) in [6, 6.07) is 51.5. The van der Waals surface area contributed by atoms with E-state index in [1.807, 2.05) is 0 Å². The van der Waals surface area contributed by atoms with Crippen molar-refractivity contribution in [3.63, 3.8) is 0 Å². The number of anilines is 2. The SMILES string of the molecule is Cc1ccc2ccc(N3c4cc(-c5ccccc5)ccc4C4c5ccccc5C(c5ccccc5)=CC43)cc2c1. The molecule has 1 heteroatoms. The minimum Gasteiger partial charge on any atom is -0.333 e. The molecule has 2 unspecified atom stereocenters. The van der Waals surface area contributed by atoms with Crippen LogP contribution in [0.15, 0.2) is 146 Å². The Morgan fingerprint density at radius 1 is 0.525 bits per heavy atom. The normalized spacial score (nSPS) is 17.2. The van der Waals surface area contributed by atoms with E-state index in [1.54, 1.807) is 0 Å². The van der Waals surface area contributed by atoms with Gasteiger partial charge >= 0.3 is 0 Å². The van der Waals surface area contributed by atoms with Gasteiger partial charge in [0.15, 0.2) is 0 Å². The lowest BCUT2D eigenvalue weighted by molar-refractivity contribution is 0.722.